The van der Waals surface area contributed by atoms with E-state index in [1.807, 2.05) is 41.3 Å². The summed E-state index contributed by atoms with van der Waals surface area (Å²) in [6.07, 6.45) is 2.84. The normalized spacial score (nSPS) is 17.1. The number of hydrogen-bond acceptors (Lipinski definition) is 5. The Morgan fingerprint density at radius 1 is 1.11 bits per heavy atom. The van der Waals surface area contributed by atoms with Gasteiger partial charge in [-0.3, -0.25) is 9.59 Å². The summed E-state index contributed by atoms with van der Waals surface area (Å²) in [4.78, 5) is 37.1. The maximum atomic E-state index is 13.2. The fraction of sp³-hybridized carbons (Fsp3) is 0.381. The van der Waals surface area contributed by atoms with Gasteiger partial charge in [0, 0.05) is 50.2 Å². The van der Waals surface area contributed by atoms with E-state index in [4.69, 9.17) is 0 Å². The molecule has 0 unspecified atom stereocenters. The average molecular weight is 397 g/mol. The van der Waals surface area contributed by atoms with Crippen molar-refractivity contribution in [2.24, 2.45) is 0 Å². The van der Waals surface area contributed by atoms with Crippen molar-refractivity contribution in [1.82, 2.24) is 14.8 Å². The molecule has 0 bridgehead atoms. The standard InChI is InChI=1S/C21H24N4O2S/c1-23-12-14-24(15-13-23)19(26)9-5-11-25-17-7-4-10-22-20(17)28-18-8-3-2-6-16(18)21(25)27/h2-4,6-8,10H,5,9,11-15H2,1H3. The van der Waals surface area contributed by atoms with Crippen LogP contribution >= 0.6 is 11.8 Å². The van der Waals surface area contributed by atoms with Gasteiger partial charge in [-0.1, -0.05) is 23.9 Å². The summed E-state index contributed by atoms with van der Waals surface area (Å²) in [5.74, 6) is 0.151. The Balaban J connectivity index is 1.47. The van der Waals surface area contributed by atoms with E-state index in [1.165, 1.54) is 11.8 Å². The highest BCUT2D eigenvalue weighted by atomic mass is 32.2. The zero-order chi connectivity index (χ0) is 19.5. The number of aromatic nitrogens is 1. The number of carbonyl (C=O) groups is 2. The van der Waals surface area contributed by atoms with Gasteiger partial charge >= 0.3 is 0 Å². The fourth-order valence-corrected chi connectivity index (χ4v) is 4.60. The molecule has 146 valence electrons. The van der Waals surface area contributed by atoms with Crippen LogP contribution in [0, 0.1) is 0 Å². The molecule has 0 radical (unpaired) electrons. The van der Waals surface area contributed by atoms with Gasteiger partial charge in [-0.2, -0.15) is 0 Å². The number of carbonyl (C=O) groups excluding carboxylic acids is 2. The minimum atomic E-state index is -0.0260. The minimum Gasteiger partial charge on any atom is -0.340 e. The zero-order valence-electron chi connectivity index (χ0n) is 16.0. The quantitative estimate of drug-likeness (QED) is 0.795. The number of hydrogen-bond donors (Lipinski definition) is 0. The number of pyridine rings is 1. The summed E-state index contributed by atoms with van der Waals surface area (Å²) < 4.78 is 0. The number of fused-ring (bicyclic) bond motifs is 2. The topological polar surface area (TPSA) is 56.8 Å². The number of piperazine rings is 1. The molecule has 1 fully saturated rings. The van der Waals surface area contributed by atoms with Gasteiger partial charge in [-0.25, -0.2) is 4.98 Å². The lowest BCUT2D eigenvalue weighted by atomic mass is 10.1. The van der Waals surface area contributed by atoms with Crippen LogP contribution in [-0.2, 0) is 4.79 Å². The second-order valence-electron chi connectivity index (χ2n) is 7.17. The van der Waals surface area contributed by atoms with Crippen LogP contribution in [0.4, 0.5) is 5.69 Å². The number of nitrogens with zero attached hydrogens (tertiary/aromatic N) is 4. The summed E-state index contributed by atoms with van der Waals surface area (Å²) in [5.41, 5.74) is 1.51. The Hall–Kier alpha value is -2.38. The molecule has 0 atom stereocenters. The predicted molar refractivity (Wildman–Crippen MR) is 110 cm³/mol. The molecule has 0 N–H and O–H groups in total. The number of rotatable bonds is 4. The van der Waals surface area contributed by atoms with Gasteiger partial charge in [-0.05, 0) is 37.7 Å². The molecule has 6 nitrogen and oxygen atoms in total. The van der Waals surface area contributed by atoms with Crippen LogP contribution in [0.25, 0.3) is 0 Å². The fourth-order valence-electron chi connectivity index (χ4n) is 3.58. The first-order valence-corrected chi connectivity index (χ1v) is 10.5. The Kier molecular flexibility index (Phi) is 5.64. The molecular weight excluding hydrogens is 372 g/mol. The van der Waals surface area contributed by atoms with Gasteiger partial charge < -0.3 is 14.7 Å². The van der Waals surface area contributed by atoms with Crippen molar-refractivity contribution < 1.29 is 9.59 Å². The van der Waals surface area contributed by atoms with Crippen LogP contribution in [0.2, 0.25) is 0 Å². The highest BCUT2D eigenvalue weighted by Gasteiger charge is 2.28. The molecule has 1 aromatic carbocycles. The Morgan fingerprint density at radius 2 is 1.89 bits per heavy atom. The monoisotopic (exact) mass is 396 g/mol. The Labute approximate surface area is 169 Å². The van der Waals surface area contributed by atoms with Crippen LogP contribution in [-0.4, -0.2) is 66.4 Å². The summed E-state index contributed by atoms with van der Waals surface area (Å²) in [6, 6.07) is 11.4. The molecule has 1 aromatic heterocycles. The number of benzene rings is 1. The number of amides is 2. The number of anilines is 1. The summed E-state index contributed by atoms with van der Waals surface area (Å²) in [6.45, 7) is 3.92. The first-order valence-electron chi connectivity index (χ1n) is 9.63. The summed E-state index contributed by atoms with van der Waals surface area (Å²) in [7, 11) is 2.08. The lowest BCUT2D eigenvalue weighted by molar-refractivity contribution is -0.132. The Bertz CT molecular complexity index is 880. The van der Waals surface area contributed by atoms with Gasteiger partial charge in [0.05, 0.1) is 11.3 Å². The molecule has 28 heavy (non-hydrogen) atoms. The lowest BCUT2D eigenvalue weighted by Gasteiger charge is -2.32. The van der Waals surface area contributed by atoms with Crippen molar-refractivity contribution in [3.63, 3.8) is 0 Å². The number of likely N-dealkylation sites (N-methyl/N-ethyl adjacent to an activating group) is 1. The third kappa shape index (κ3) is 3.91. The first kappa shape index (κ1) is 19.0. The smallest absolute Gasteiger partial charge is 0.259 e. The molecule has 2 aromatic rings. The molecule has 2 amide bonds. The molecule has 0 spiro atoms. The summed E-state index contributed by atoms with van der Waals surface area (Å²) in [5, 5.41) is 0.825. The van der Waals surface area contributed by atoms with Gasteiger partial charge in [0.15, 0.2) is 0 Å². The van der Waals surface area contributed by atoms with E-state index in [9.17, 15) is 9.59 Å². The molecule has 2 aliphatic rings. The SMILES string of the molecule is CN1CCN(C(=O)CCCN2C(=O)c3ccccc3Sc3ncccc32)CC1. The van der Waals surface area contributed by atoms with Crippen LogP contribution in [0.5, 0.6) is 0 Å². The van der Waals surface area contributed by atoms with E-state index in [1.54, 1.807) is 11.1 Å². The maximum absolute atomic E-state index is 13.2. The Morgan fingerprint density at radius 3 is 2.71 bits per heavy atom. The highest BCUT2D eigenvalue weighted by Crippen LogP contribution is 2.39. The molecule has 3 heterocycles. The minimum absolute atomic E-state index is 0.0260. The van der Waals surface area contributed by atoms with E-state index >= 15 is 0 Å². The van der Waals surface area contributed by atoms with Gasteiger partial charge in [0.2, 0.25) is 5.91 Å². The maximum Gasteiger partial charge on any atom is 0.259 e. The van der Waals surface area contributed by atoms with Crippen LogP contribution in [0.15, 0.2) is 52.5 Å². The first-order chi connectivity index (χ1) is 13.6. The second-order valence-corrected chi connectivity index (χ2v) is 8.20. The van der Waals surface area contributed by atoms with Crippen molar-refractivity contribution in [3.8, 4) is 0 Å². The van der Waals surface area contributed by atoms with E-state index in [0.29, 0.717) is 24.9 Å². The van der Waals surface area contributed by atoms with Crippen LogP contribution in [0.3, 0.4) is 0 Å². The third-order valence-electron chi connectivity index (χ3n) is 5.24. The van der Waals surface area contributed by atoms with E-state index in [2.05, 4.69) is 16.9 Å². The predicted octanol–water partition coefficient (Wildman–Crippen LogP) is 2.75. The molecular formula is C21H24N4O2S. The van der Waals surface area contributed by atoms with E-state index in [-0.39, 0.29) is 11.8 Å². The van der Waals surface area contributed by atoms with Crippen LogP contribution in [0.1, 0.15) is 23.2 Å². The average Bonchev–Trinajstić information content (AvgIpc) is 2.83. The van der Waals surface area contributed by atoms with E-state index in [0.717, 1.165) is 41.8 Å². The lowest BCUT2D eigenvalue weighted by Crippen LogP contribution is -2.47. The van der Waals surface area contributed by atoms with Crippen molar-refractivity contribution in [1.29, 1.82) is 0 Å². The molecule has 4 rings (SSSR count). The molecule has 0 saturated carbocycles. The van der Waals surface area contributed by atoms with Crippen molar-refractivity contribution in [3.05, 3.63) is 48.2 Å². The van der Waals surface area contributed by atoms with Gasteiger partial charge in [-0.15, -0.1) is 0 Å². The molecule has 1 saturated heterocycles. The molecule has 0 aliphatic carbocycles. The third-order valence-corrected chi connectivity index (χ3v) is 6.32. The zero-order valence-corrected chi connectivity index (χ0v) is 16.8. The second kappa shape index (κ2) is 8.32. The van der Waals surface area contributed by atoms with Crippen molar-refractivity contribution in [2.75, 3.05) is 44.7 Å². The molecule has 2 aliphatic heterocycles. The van der Waals surface area contributed by atoms with Crippen molar-refractivity contribution in [2.45, 2.75) is 22.8 Å². The van der Waals surface area contributed by atoms with Crippen LogP contribution < -0.4 is 4.90 Å². The largest absolute Gasteiger partial charge is 0.340 e. The van der Waals surface area contributed by atoms with Crippen molar-refractivity contribution >= 4 is 29.3 Å². The van der Waals surface area contributed by atoms with Gasteiger partial charge in [0.25, 0.3) is 5.91 Å². The van der Waals surface area contributed by atoms with E-state index < -0.39 is 0 Å². The summed E-state index contributed by atoms with van der Waals surface area (Å²) >= 11 is 1.52. The van der Waals surface area contributed by atoms with Gasteiger partial charge in [0.1, 0.15) is 5.03 Å². The molecule has 7 heteroatoms. The highest BCUT2D eigenvalue weighted by molar-refractivity contribution is 7.99.